The van der Waals surface area contributed by atoms with Gasteiger partial charge in [0.2, 0.25) is 5.91 Å². The van der Waals surface area contributed by atoms with E-state index in [1.807, 2.05) is 0 Å². The fourth-order valence-electron chi connectivity index (χ4n) is 1.41. The van der Waals surface area contributed by atoms with Crippen molar-refractivity contribution in [1.82, 2.24) is 25.1 Å². The lowest BCUT2D eigenvalue weighted by molar-refractivity contribution is -0.137. The highest BCUT2D eigenvalue weighted by Crippen LogP contribution is 2.12. The maximum atomic E-state index is 11.9. The first-order chi connectivity index (χ1) is 9.33. The van der Waals surface area contributed by atoms with Crippen molar-refractivity contribution in [3.63, 3.8) is 0 Å². The van der Waals surface area contributed by atoms with E-state index in [2.05, 4.69) is 20.5 Å². The van der Waals surface area contributed by atoms with Gasteiger partial charge in [0.05, 0.1) is 6.54 Å². The van der Waals surface area contributed by atoms with Crippen LogP contribution >= 0.6 is 0 Å². The molecule has 0 saturated carbocycles. The summed E-state index contributed by atoms with van der Waals surface area (Å²) in [6, 6.07) is 3.18. The molecule has 0 aliphatic carbocycles. The molecule has 0 fully saturated rings. The van der Waals surface area contributed by atoms with E-state index in [-0.39, 0.29) is 6.54 Å². The van der Waals surface area contributed by atoms with E-state index in [1.54, 1.807) is 24.4 Å². The molecule has 0 bridgehead atoms. The number of aromatic nitrogens is 4. The number of nitrogens with zero attached hydrogens (tertiary/aromatic N) is 4. The molecule has 0 aliphatic heterocycles. The van der Waals surface area contributed by atoms with Gasteiger partial charge in [-0.15, -0.1) is 14.8 Å². The second-order valence-electron chi connectivity index (χ2n) is 3.97. The standard InChI is InChI=1S/C10H11F3N6O/c1-6-16-8-3-2-7(18-19(8)17-6)14-4-9(20)15-5-10(11,12)13/h2-3H,4-5H2,1H3,(H,14,18)(H,15,20). The van der Waals surface area contributed by atoms with Crippen LogP contribution < -0.4 is 10.6 Å². The number of alkyl halides is 3. The largest absolute Gasteiger partial charge is 0.405 e. The Bertz CT molecular complexity index is 623. The maximum absolute atomic E-state index is 11.9. The van der Waals surface area contributed by atoms with Crippen LogP contribution in [0.5, 0.6) is 0 Å². The SMILES string of the molecule is Cc1nc2ccc(NCC(=O)NCC(F)(F)F)nn2n1. The van der Waals surface area contributed by atoms with Gasteiger partial charge >= 0.3 is 6.18 Å². The molecule has 2 aromatic rings. The van der Waals surface area contributed by atoms with E-state index in [0.717, 1.165) is 0 Å². The van der Waals surface area contributed by atoms with Crippen LogP contribution in [0.15, 0.2) is 12.1 Å². The number of aryl methyl sites for hydroxylation is 1. The summed E-state index contributed by atoms with van der Waals surface area (Å²) >= 11 is 0. The van der Waals surface area contributed by atoms with Gasteiger partial charge < -0.3 is 10.6 Å². The average Bonchev–Trinajstić information content (AvgIpc) is 2.72. The lowest BCUT2D eigenvalue weighted by atomic mass is 10.5. The van der Waals surface area contributed by atoms with E-state index in [0.29, 0.717) is 17.3 Å². The molecule has 7 nitrogen and oxygen atoms in total. The summed E-state index contributed by atoms with van der Waals surface area (Å²) < 4.78 is 36.9. The Balaban J connectivity index is 1.90. The van der Waals surface area contributed by atoms with Crippen molar-refractivity contribution in [3.8, 4) is 0 Å². The molecule has 0 aliphatic rings. The lowest BCUT2D eigenvalue weighted by Crippen LogP contribution is -2.37. The fraction of sp³-hybridized carbons (Fsp3) is 0.400. The molecule has 2 N–H and O–H groups in total. The van der Waals surface area contributed by atoms with Gasteiger partial charge in [-0.3, -0.25) is 4.79 Å². The monoisotopic (exact) mass is 288 g/mol. The quantitative estimate of drug-likeness (QED) is 0.857. The molecule has 0 unspecified atom stereocenters. The molecule has 0 aromatic carbocycles. The van der Waals surface area contributed by atoms with Gasteiger partial charge in [-0.1, -0.05) is 0 Å². The third-order valence-electron chi connectivity index (χ3n) is 2.23. The van der Waals surface area contributed by atoms with E-state index < -0.39 is 18.6 Å². The molecule has 108 valence electrons. The van der Waals surface area contributed by atoms with Crippen molar-refractivity contribution in [2.24, 2.45) is 0 Å². The number of carbonyl (C=O) groups is 1. The Hall–Kier alpha value is -2.39. The van der Waals surface area contributed by atoms with Crippen LogP contribution in [0, 0.1) is 6.92 Å². The summed E-state index contributed by atoms with van der Waals surface area (Å²) in [7, 11) is 0. The highest BCUT2D eigenvalue weighted by Gasteiger charge is 2.27. The molecule has 2 aromatic heterocycles. The molecule has 2 rings (SSSR count). The second kappa shape index (κ2) is 5.31. The minimum absolute atomic E-state index is 0.310. The van der Waals surface area contributed by atoms with E-state index >= 15 is 0 Å². The van der Waals surface area contributed by atoms with Crippen molar-refractivity contribution in [2.75, 3.05) is 18.4 Å². The highest BCUT2D eigenvalue weighted by atomic mass is 19.4. The average molecular weight is 288 g/mol. The number of hydrogen-bond donors (Lipinski definition) is 2. The molecular formula is C10H11F3N6O. The predicted octanol–water partition coefficient (Wildman–Crippen LogP) is 0.523. The Labute approximate surface area is 111 Å². The van der Waals surface area contributed by atoms with E-state index in [4.69, 9.17) is 0 Å². The number of hydrogen-bond acceptors (Lipinski definition) is 5. The van der Waals surface area contributed by atoms with Crippen LogP contribution in [0.3, 0.4) is 0 Å². The van der Waals surface area contributed by atoms with Gasteiger partial charge in [-0.2, -0.15) is 13.2 Å². The summed E-state index contributed by atoms with van der Waals surface area (Å²) in [5, 5.41) is 12.3. The molecule has 20 heavy (non-hydrogen) atoms. The van der Waals surface area contributed by atoms with E-state index in [1.165, 1.54) is 4.63 Å². The zero-order chi connectivity index (χ0) is 14.8. The number of rotatable bonds is 4. The van der Waals surface area contributed by atoms with Crippen LogP contribution in [0.2, 0.25) is 0 Å². The van der Waals surface area contributed by atoms with Gasteiger partial charge in [0.25, 0.3) is 0 Å². The number of amides is 1. The molecule has 2 heterocycles. The maximum Gasteiger partial charge on any atom is 0.405 e. The molecule has 0 spiro atoms. The Morgan fingerprint density at radius 1 is 1.35 bits per heavy atom. The molecule has 0 atom stereocenters. The number of nitrogens with one attached hydrogen (secondary N) is 2. The van der Waals surface area contributed by atoms with Crippen molar-refractivity contribution in [2.45, 2.75) is 13.1 Å². The van der Waals surface area contributed by atoms with Gasteiger partial charge in [0.1, 0.15) is 18.2 Å². The van der Waals surface area contributed by atoms with Crippen LogP contribution in [-0.4, -0.2) is 45.0 Å². The van der Waals surface area contributed by atoms with Crippen LogP contribution in [0.25, 0.3) is 5.65 Å². The smallest absolute Gasteiger partial charge is 0.360 e. The molecule has 1 amide bonds. The summed E-state index contributed by atoms with van der Waals surface area (Å²) in [6.45, 7) is 0.0247. The Kier molecular flexibility index (Phi) is 3.72. The van der Waals surface area contributed by atoms with Crippen LogP contribution in [0.4, 0.5) is 19.0 Å². The first kappa shape index (κ1) is 14.0. The normalized spacial score (nSPS) is 11.6. The van der Waals surface area contributed by atoms with Crippen molar-refractivity contribution >= 4 is 17.4 Å². The van der Waals surface area contributed by atoms with Crippen molar-refractivity contribution < 1.29 is 18.0 Å². The number of carbonyl (C=O) groups excluding carboxylic acids is 1. The Morgan fingerprint density at radius 3 is 2.80 bits per heavy atom. The van der Waals surface area contributed by atoms with Gasteiger partial charge in [-0.25, -0.2) is 4.98 Å². The van der Waals surface area contributed by atoms with Gasteiger partial charge in [0, 0.05) is 0 Å². The summed E-state index contributed by atoms with van der Waals surface area (Å²) in [4.78, 5) is 15.3. The van der Waals surface area contributed by atoms with Crippen LogP contribution in [-0.2, 0) is 4.79 Å². The van der Waals surface area contributed by atoms with Gasteiger partial charge in [-0.05, 0) is 19.1 Å². The lowest BCUT2D eigenvalue weighted by Gasteiger charge is -2.09. The molecule has 0 radical (unpaired) electrons. The third-order valence-corrected chi connectivity index (χ3v) is 2.23. The predicted molar refractivity (Wildman–Crippen MR) is 63.1 cm³/mol. The fourth-order valence-corrected chi connectivity index (χ4v) is 1.41. The van der Waals surface area contributed by atoms with E-state index in [9.17, 15) is 18.0 Å². The summed E-state index contributed by atoms with van der Waals surface area (Å²) in [5.41, 5.74) is 0.537. The topological polar surface area (TPSA) is 84.2 Å². The Morgan fingerprint density at radius 2 is 2.10 bits per heavy atom. The minimum Gasteiger partial charge on any atom is -0.360 e. The molecular weight excluding hydrogens is 277 g/mol. The van der Waals surface area contributed by atoms with Crippen molar-refractivity contribution in [3.05, 3.63) is 18.0 Å². The van der Waals surface area contributed by atoms with Crippen molar-refractivity contribution in [1.29, 1.82) is 0 Å². The van der Waals surface area contributed by atoms with Gasteiger partial charge in [0.15, 0.2) is 5.65 Å². The zero-order valence-electron chi connectivity index (χ0n) is 10.4. The summed E-state index contributed by atoms with van der Waals surface area (Å²) in [6.07, 6.45) is -4.43. The first-order valence-corrected chi connectivity index (χ1v) is 5.61. The molecule has 10 heteroatoms. The number of anilines is 1. The number of fused-ring (bicyclic) bond motifs is 1. The minimum atomic E-state index is -4.43. The highest BCUT2D eigenvalue weighted by molar-refractivity contribution is 5.80. The zero-order valence-corrected chi connectivity index (χ0v) is 10.4. The summed E-state index contributed by atoms with van der Waals surface area (Å²) in [5.74, 6) is 0.0705. The number of halogens is 3. The first-order valence-electron chi connectivity index (χ1n) is 5.61. The van der Waals surface area contributed by atoms with Crippen LogP contribution in [0.1, 0.15) is 5.82 Å². The third kappa shape index (κ3) is 3.80. The molecule has 0 saturated heterocycles. The second-order valence-corrected chi connectivity index (χ2v) is 3.97.